The number of ether oxygens (including phenoxy) is 2. The fraction of sp³-hybridized carbons (Fsp3) is 0.444. The van der Waals surface area contributed by atoms with E-state index < -0.39 is 0 Å². The Morgan fingerprint density at radius 3 is 2.88 bits per heavy atom. The Morgan fingerprint density at radius 2 is 2.21 bits per heavy atom. The molecule has 0 N–H and O–H groups in total. The second-order valence-electron chi connectivity index (χ2n) is 6.06. The lowest BCUT2D eigenvalue weighted by Crippen LogP contribution is -2.42. The number of hydrogen-bond donors (Lipinski definition) is 0. The van der Waals surface area contributed by atoms with Gasteiger partial charge in [-0.1, -0.05) is 12.1 Å². The molecule has 1 aromatic carbocycles. The molecule has 1 aromatic heterocycles. The molecule has 24 heavy (non-hydrogen) atoms. The SMILES string of the molecule is CC(C)Oc1ccc(CC(=O)N2CCOC(c3nccs3)C2)cc1. The van der Waals surface area contributed by atoms with Gasteiger partial charge in [0.25, 0.3) is 0 Å². The second-order valence-corrected chi connectivity index (χ2v) is 6.98. The van der Waals surface area contributed by atoms with Gasteiger partial charge in [0.05, 0.1) is 25.7 Å². The van der Waals surface area contributed by atoms with Crippen molar-refractivity contribution < 1.29 is 14.3 Å². The maximum Gasteiger partial charge on any atom is 0.227 e. The number of morpholine rings is 1. The fourth-order valence-corrected chi connectivity index (χ4v) is 3.34. The monoisotopic (exact) mass is 346 g/mol. The van der Waals surface area contributed by atoms with E-state index in [1.807, 2.05) is 48.4 Å². The van der Waals surface area contributed by atoms with Crippen LogP contribution < -0.4 is 4.74 Å². The van der Waals surface area contributed by atoms with Gasteiger partial charge in [0.2, 0.25) is 5.91 Å². The predicted molar refractivity (Wildman–Crippen MR) is 93.3 cm³/mol. The van der Waals surface area contributed by atoms with Crippen LogP contribution in [0.4, 0.5) is 0 Å². The predicted octanol–water partition coefficient (Wildman–Crippen LogP) is 3.07. The van der Waals surface area contributed by atoms with Crippen LogP contribution in [0.3, 0.4) is 0 Å². The van der Waals surface area contributed by atoms with Gasteiger partial charge >= 0.3 is 0 Å². The molecule has 1 aliphatic rings. The summed E-state index contributed by atoms with van der Waals surface area (Å²) >= 11 is 1.57. The van der Waals surface area contributed by atoms with E-state index in [4.69, 9.17) is 9.47 Å². The maximum absolute atomic E-state index is 12.6. The highest BCUT2D eigenvalue weighted by atomic mass is 32.1. The van der Waals surface area contributed by atoms with Crippen LogP contribution in [0.25, 0.3) is 0 Å². The van der Waals surface area contributed by atoms with E-state index in [2.05, 4.69) is 4.98 Å². The van der Waals surface area contributed by atoms with Crippen molar-refractivity contribution in [1.29, 1.82) is 0 Å². The zero-order valence-corrected chi connectivity index (χ0v) is 14.8. The normalized spacial score (nSPS) is 18.0. The molecule has 0 bridgehead atoms. The molecule has 1 amide bonds. The highest BCUT2D eigenvalue weighted by Crippen LogP contribution is 2.24. The van der Waals surface area contributed by atoms with Crippen molar-refractivity contribution in [1.82, 2.24) is 9.88 Å². The first-order valence-electron chi connectivity index (χ1n) is 8.16. The van der Waals surface area contributed by atoms with Crippen LogP contribution in [-0.4, -0.2) is 41.6 Å². The number of nitrogens with zero attached hydrogens (tertiary/aromatic N) is 2. The molecule has 0 radical (unpaired) electrons. The van der Waals surface area contributed by atoms with Gasteiger partial charge in [-0.05, 0) is 31.5 Å². The zero-order chi connectivity index (χ0) is 16.9. The summed E-state index contributed by atoms with van der Waals surface area (Å²) in [6.45, 7) is 5.75. The molecule has 1 unspecified atom stereocenters. The summed E-state index contributed by atoms with van der Waals surface area (Å²) in [4.78, 5) is 18.7. The molecule has 2 aromatic rings. The molecule has 2 heterocycles. The average molecular weight is 346 g/mol. The van der Waals surface area contributed by atoms with E-state index in [1.165, 1.54) is 0 Å². The number of benzene rings is 1. The van der Waals surface area contributed by atoms with Crippen LogP contribution in [0.15, 0.2) is 35.8 Å². The molecule has 0 spiro atoms. The van der Waals surface area contributed by atoms with E-state index >= 15 is 0 Å². The first kappa shape index (κ1) is 16.9. The minimum absolute atomic E-state index is 0.107. The Kier molecular flexibility index (Phi) is 5.48. The lowest BCUT2D eigenvalue weighted by molar-refractivity contribution is -0.138. The third-order valence-corrected chi connectivity index (χ3v) is 4.66. The van der Waals surface area contributed by atoms with E-state index in [0.717, 1.165) is 16.3 Å². The Hall–Kier alpha value is -1.92. The fourth-order valence-electron chi connectivity index (χ4n) is 2.66. The van der Waals surface area contributed by atoms with Crippen molar-refractivity contribution in [3.63, 3.8) is 0 Å². The highest BCUT2D eigenvalue weighted by molar-refractivity contribution is 7.09. The molecular weight excluding hydrogens is 324 g/mol. The minimum atomic E-state index is -0.107. The maximum atomic E-state index is 12.6. The summed E-state index contributed by atoms with van der Waals surface area (Å²) in [6, 6.07) is 7.74. The summed E-state index contributed by atoms with van der Waals surface area (Å²) in [5.41, 5.74) is 0.994. The lowest BCUT2D eigenvalue weighted by atomic mass is 10.1. The van der Waals surface area contributed by atoms with Crippen molar-refractivity contribution in [2.45, 2.75) is 32.5 Å². The molecule has 1 fully saturated rings. The largest absolute Gasteiger partial charge is 0.491 e. The smallest absolute Gasteiger partial charge is 0.227 e. The molecule has 1 atom stereocenters. The van der Waals surface area contributed by atoms with E-state index in [1.54, 1.807) is 17.5 Å². The van der Waals surface area contributed by atoms with Gasteiger partial charge in [0, 0.05) is 18.1 Å². The van der Waals surface area contributed by atoms with Crippen LogP contribution in [0.2, 0.25) is 0 Å². The molecule has 3 rings (SSSR count). The molecule has 6 heteroatoms. The van der Waals surface area contributed by atoms with Gasteiger partial charge < -0.3 is 14.4 Å². The number of hydrogen-bond acceptors (Lipinski definition) is 5. The molecule has 5 nitrogen and oxygen atoms in total. The van der Waals surface area contributed by atoms with Crippen LogP contribution in [0, 0.1) is 0 Å². The van der Waals surface area contributed by atoms with Crippen molar-refractivity contribution in [3.05, 3.63) is 46.4 Å². The molecule has 0 aliphatic carbocycles. The number of carbonyl (C=O) groups excluding carboxylic acids is 1. The van der Waals surface area contributed by atoms with E-state index in [9.17, 15) is 4.79 Å². The molecule has 128 valence electrons. The van der Waals surface area contributed by atoms with Crippen LogP contribution in [-0.2, 0) is 16.0 Å². The topological polar surface area (TPSA) is 51.7 Å². The van der Waals surface area contributed by atoms with Crippen molar-refractivity contribution >= 4 is 17.2 Å². The summed E-state index contributed by atoms with van der Waals surface area (Å²) in [6.07, 6.45) is 2.20. The number of amides is 1. The van der Waals surface area contributed by atoms with Gasteiger partial charge in [0.1, 0.15) is 16.9 Å². The van der Waals surface area contributed by atoms with Crippen LogP contribution in [0.5, 0.6) is 5.75 Å². The van der Waals surface area contributed by atoms with Crippen molar-refractivity contribution in [3.8, 4) is 5.75 Å². The third kappa shape index (κ3) is 4.33. The summed E-state index contributed by atoms with van der Waals surface area (Å²) < 4.78 is 11.4. The summed E-state index contributed by atoms with van der Waals surface area (Å²) in [7, 11) is 0. The van der Waals surface area contributed by atoms with Gasteiger partial charge in [-0.15, -0.1) is 11.3 Å². The van der Waals surface area contributed by atoms with Gasteiger partial charge in [-0.3, -0.25) is 4.79 Å². The van der Waals surface area contributed by atoms with E-state index in [-0.39, 0.29) is 18.1 Å². The standard InChI is InChI=1S/C18H22N2O3S/c1-13(2)23-15-5-3-14(4-6-15)11-17(21)20-8-9-22-16(12-20)18-19-7-10-24-18/h3-7,10,13,16H,8-9,11-12H2,1-2H3. The molecule has 1 saturated heterocycles. The molecular formula is C18H22N2O3S. The zero-order valence-electron chi connectivity index (χ0n) is 14.0. The Bertz CT molecular complexity index is 655. The first-order valence-corrected chi connectivity index (χ1v) is 9.04. The number of carbonyl (C=O) groups is 1. The van der Waals surface area contributed by atoms with Gasteiger partial charge in [-0.2, -0.15) is 0 Å². The number of rotatable bonds is 5. The highest BCUT2D eigenvalue weighted by Gasteiger charge is 2.26. The average Bonchev–Trinajstić information content (AvgIpc) is 3.11. The lowest BCUT2D eigenvalue weighted by Gasteiger charge is -2.32. The Labute approximate surface area is 146 Å². The quantitative estimate of drug-likeness (QED) is 0.835. The first-order chi connectivity index (χ1) is 11.6. The van der Waals surface area contributed by atoms with Crippen LogP contribution in [0.1, 0.15) is 30.5 Å². The summed E-state index contributed by atoms with van der Waals surface area (Å²) in [5.74, 6) is 0.953. The molecule has 0 saturated carbocycles. The minimum Gasteiger partial charge on any atom is -0.491 e. The number of thiazole rings is 1. The molecule has 1 aliphatic heterocycles. The van der Waals surface area contributed by atoms with Gasteiger partial charge in [0.15, 0.2) is 0 Å². The third-order valence-electron chi connectivity index (χ3n) is 3.80. The summed E-state index contributed by atoms with van der Waals surface area (Å²) in [5, 5.41) is 2.86. The van der Waals surface area contributed by atoms with Crippen LogP contribution >= 0.6 is 11.3 Å². The second kappa shape index (κ2) is 7.77. The van der Waals surface area contributed by atoms with E-state index in [0.29, 0.717) is 26.1 Å². The Morgan fingerprint density at radius 1 is 1.42 bits per heavy atom. The van der Waals surface area contributed by atoms with Crippen molar-refractivity contribution in [2.24, 2.45) is 0 Å². The van der Waals surface area contributed by atoms with Crippen molar-refractivity contribution in [2.75, 3.05) is 19.7 Å². The Balaban J connectivity index is 1.58. The van der Waals surface area contributed by atoms with Gasteiger partial charge in [-0.25, -0.2) is 4.98 Å². The number of aromatic nitrogens is 1.